The number of rotatable bonds is 54. The highest BCUT2D eigenvalue weighted by Gasteiger charge is 2.23. The molecular formula is C62H120N2O7. The van der Waals surface area contributed by atoms with Crippen LogP contribution in [0.3, 0.4) is 0 Å². The Balaban J connectivity index is 5.27. The molecule has 0 aliphatic rings. The van der Waals surface area contributed by atoms with Crippen LogP contribution in [-0.4, -0.2) is 85.2 Å². The Bertz CT molecular complexity index is 1200. The number of hydrogen-bond acceptors (Lipinski definition) is 8. The molecule has 0 fully saturated rings. The van der Waals surface area contributed by atoms with Gasteiger partial charge in [-0.25, -0.2) is 0 Å². The minimum atomic E-state index is -0.0425. The predicted molar refractivity (Wildman–Crippen MR) is 301 cm³/mol. The van der Waals surface area contributed by atoms with E-state index in [9.17, 15) is 19.2 Å². The molecule has 0 radical (unpaired) electrons. The number of carbonyl (C=O) groups is 4. The molecule has 9 heteroatoms. The van der Waals surface area contributed by atoms with Crippen molar-refractivity contribution >= 4 is 23.8 Å². The SMILES string of the molecule is CCCCCCC(CCCC)OC(=O)CCCCCCCCC(CCCCCCCCC(=O)OC(CCCC)CCCC)N(CCCN(C)C)C(=O)CCCCCCCC(=O)OC(CCCC)CCCC. The molecule has 0 aliphatic heterocycles. The van der Waals surface area contributed by atoms with Gasteiger partial charge in [-0.2, -0.15) is 0 Å². The van der Waals surface area contributed by atoms with Crippen molar-refractivity contribution in [2.45, 2.75) is 348 Å². The first-order valence-corrected chi connectivity index (χ1v) is 31.1. The number of ether oxygens (including phenoxy) is 3. The fraction of sp³-hybridized carbons (Fsp3) is 0.935. The molecule has 0 N–H and O–H groups in total. The number of unbranched alkanes of at least 4 members (excludes halogenated alkanes) is 22. The third kappa shape index (κ3) is 43.9. The van der Waals surface area contributed by atoms with Crippen LogP contribution in [0, 0.1) is 0 Å². The summed E-state index contributed by atoms with van der Waals surface area (Å²) in [6.45, 7) is 15.0. The lowest BCUT2D eigenvalue weighted by Crippen LogP contribution is -2.41. The summed E-state index contributed by atoms with van der Waals surface area (Å²) in [4.78, 5) is 56.7. The van der Waals surface area contributed by atoms with Crippen molar-refractivity contribution in [2.75, 3.05) is 27.2 Å². The van der Waals surface area contributed by atoms with E-state index in [1.54, 1.807) is 0 Å². The topological polar surface area (TPSA) is 102 Å². The highest BCUT2D eigenvalue weighted by Crippen LogP contribution is 2.23. The van der Waals surface area contributed by atoms with Gasteiger partial charge in [0.25, 0.3) is 0 Å². The smallest absolute Gasteiger partial charge is 0.306 e. The first kappa shape index (κ1) is 68.8. The molecule has 0 aromatic carbocycles. The lowest BCUT2D eigenvalue weighted by molar-refractivity contribution is -0.151. The Labute approximate surface area is 441 Å². The predicted octanol–water partition coefficient (Wildman–Crippen LogP) is 17.8. The molecule has 2 unspecified atom stereocenters. The normalized spacial score (nSPS) is 12.5. The summed E-state index contributed by atoms with van der Waals surface area (Å²) < 4.78 is 17.7. The van der Waals surface area contributed by atoms with Crippen LogP contribution in [-0.2, 0) is 33.4 Å². The van der Waals surface area contributed by atoms with Crippen LogP contribution in [0.25, 0.3) is 0 Å². The zero-order valence-electron chi connectivity index (χ0n) is 48.6. The van der Waals surface area contributed by atoms with Crippen LogP contribution in [0.5, 0.6) is 0 Å². The van der Waals surface area contributed by atoms with Crippen molar-refractivity contribution < 1.29 is 33.4 Å². The second-order valence-electron chi connectivity index (χ2n) is 21.9. The molecule has 1 amide bonds. The molecular weight excluding hydrogens is 885 g/mol. The first-order chi connectivity index (χ1) is 34.5. The van der Waals surface area contributed by atoms with Gasteiger partial charge in [0, 0.05) is 38.3 Å². The second kappa shape index (κ2) is 51.3. The highest BCUT2D eigenvalue weighted by molar-refractivity contribution is 5.76. The summed E-state index contributed by atoms with van der Waals surface area (Å²) in [5.41, 5.74) is 0. The maximum absolute atomic E-state index is 14.2. The lowest BCUT2D eigenvalue weighted by atomic mass is 9.97. The summed E-state index contributed by atoms with van der Waals surface area (Å²) in [5.74, 6) is 0.238. The monoisotopic (exact) mass is 1000 g/mol. The van der Waals surface area contributed by atoms with E-state index in [1.165, 1.54) is 19.3 Å². The number of hydrogen-bond donors (Lipinski definition) is 0. The van der Waals surface area contributed by atoms with E-state index in [2.05, 4.69) is 65.4 Å². The molecule has 71 heavy (non-hydrogen) atoms. The summed E-state index contributed by atoms with van der Waals surface area (Å²) in [5, 5.41) is 0. The van der Waals surface area contributed by atoms with Gasteiger partial charge in [0.05, 0.1) is 0 Å². The van der Waals surface area contributed by atoms with E-state index in [4.69, 9.17) is 14.2 Å². The molecule has 9 nitrogen and oxygen atoms in total. The van der Waals surface area contributed by atoms with E-state index >= 15 is 0 Å². The second-order valence-corrected chi connectivity index (χ2v) is 21.9. The number of esters is 3. The maximum Gasteiger partial charge on any atom is 0.306 e. The van der Waals surface area contributed by atoms with E-state index in [-0.39, 0.29) is 42.3 Å². The van der Waals surface area contributed by atoms with Crippen LogP contribution in [0.2, 0.25) is 0 Å². The van der Waals surface area contributed by atoms with Crippen molar-refractivity contribution in [3.8, 4) is 0 Å². The Hall–Kier alpha value is -2.16. The van der Waals surface area contributed by atoms with Gasteiger partial charge in [0.15, 0.2) is 0 Å². The van der Waals surface area contributed by atoms with Gasteiger partial charge in [-0.05, 0) is 111 Å². The molecule has 0 spiro atoms. The van der Waals surface area contributed by atoms with Crippen LogP contribution < -0.4 is 0 Å². The van der Waals surface area contributed by atoms with E-state index in [0.717, 1.165) is 251 Å². The van der Waals surface area contributed by atoms with Gasteiger partial charge in [-0.1, -0.05) is 208 Å². The van der Waals surface area contributed by atoms with Crippen molar-refractivity contribution in [2.24, 2.45) is 0 Å². The Morgan fingerprint density at radius 1 is 0.310 bits per heavy atom. The Kier molecular flexibility index (Phi) is 49.8. The molecule has 0 saturated heterocycles. The number of amides is 1. The summed E-state index contributed by atoms with van der Waals surface area (Å²) >= 11 is 0. The van der Waals surface area contributed by atoms with Crippen LogP contribution >= 0.6 is 0 Å². The molecule has 0 heterocycles. The van der Waals surface area contributed by atoms with Crippen molar-refractivity contribution in [1.82, 2.24) is 9.80 Å². The third-order valence-electron chi connectivity index (χ3n) is 14.5. The lowest BCUT2D eigenvalue weighted by Gasteiger charge is -2.33. The van der Waals surface area contributed by atoms with E-state index in [0.29, 0.717) is 31.6 Å². The summed E-state index contributed by atoms with van der Waals surface area (Å²) in [6.07, 6.45) is 45.3. The first-order valence-electron chi connectivity index (χ1n) is 31.1. The fourth-order valence-corrected chi connectivity index (χ4v) is 9.94. The van der Waals surface area contributed by atoms with Crippen molar-refractivity contribution in [1.29, 1.82) is 0 Å². The minimum Gasteiger partial charge on any atom is -0.462 e. The molecule has 0 aliphatic carbocycles. The van der Waals surface area contributed by atoms with Gasteiger partial charge in [0.2, 0.25) is 5.91 Å². The summed E-state index contributed by atoms with van der Waals surface area (Å²) in [7, 11) is 4.23. The van der Waals surface area contributed by atoms with Gasteiger partial charge < -0.3 is 24.0 Å². The average molecular weight is 1010 g/mol. The zero-order chi connectivity index (χ0) is 52.4. The Morgan fingerprint density at radius 3 is 0.930 bits per heavy atom. The highest BCUT2D eigenvalue weighted by atomic mass is 16.6. The zero-order valence-corrected chi connectivity index (χ0v) is 48.6. The van der Waals surface area contributed by atoms with Crippen LogP contribution in [0.15, 0.2) is 0 Å². The molecule has 0 aromatic rings. The van der Waals surface area contributed by atoms with E-state index in [1.807, 2.05) is 0 Å². The van der Waals surface area contributed by atoms with E-state index < -0.39 is 0 Å². The van der Waals surface area contributed by atoms with Gasteiger partial charge in [-0.3, -0.25) is 19.2 Å². The molecule has 2 atom stereocenters. The quantitative estimate of drug-likeness (QED) is 0.0337. The standard InChI is InChI=1S/C62H120N2O7/c1-9-15-21-35-48-58(47-20-14-6)71-62(68)51-38-31-25-23-28-34-42-55(41-33-27-22-24-30-37-50-60(66)69-56(43-16-10-2)44-17-11-3)64(54-40-53-63(7)8)59(65)49-36-29-26-32-39-52-61(67)70-57(45-18-12-4)46-19-13-5/h55-58H,9-54H2,1-8H3. The average Bonchev–Trinajstić information content (AvgIpc) is 3.35. The van der Waals surface area contributed by atoms with Crippen molar-refractivity contribution in [3.05, 3.63) is 0 Å². The Morgan fingerprint density at radius 2 is 0.592 bits per heavy atom. The molecule has 0 bridgehead atoms. The number of carbonyl (C=O) groups excluding carboxylic acids is 4. The van der Waals surface area contributed by atoms with Crippen LogP contribution in [0.4, 0.5) is 0 Å². The molecule has 0 saturated carbocycles. The molecule has 420 valence electrons. The summed E-state index contributed by atoms with van der Waals surface area (Å²) in [6, 6.07) is 0.259. The van der Waals surface area contributed by atoms with Gasteiger partial charge in [0.1, 0.15) is 18.3 Å². The largest absolute Gasteiger partial charge is 0.462 e. The number of nitrogens with zero attached hydrogens (tertiary/aromatic N) is 2. The maximum atomic E-state index is 14.2. The van der Waals surface area contributed by atoms with Gasteiger partial charge >= 0.3 is 17.9 Å². The third-order valence-corrected chi connectivity index (χ3v) is 14.5. The fourth-order valence-electron chi connectivity index (χ4n) is 9.94. The van der Waals surface area contributed by atoms with Gasteiger partial charge in [-0.15, -0.1) is 0 Å². The minimum absolute atomic E-state index is 0.0111. The molecule has 0 aromatic heterocycles. The molecule has 0 rings (SSSR count). The van der Waals surface area contributed by atoms with Crippen LogP contribution in [0.1, 0.15) is 324 Å². The van der Waals surface area contributed by atoms with Crippen molar-refractivity contribution in [3.63, 3.8) is 0 Å².